The first kappa shape index (κ1) is 13.5. The normalized spacial score (nSPS) is 17.9. The molecule has 19 heavy (non-hydrogen) atoms. The number of fused-ring (bicyclic) bond motifs is 1. The molecule has 1 heterocycles. The van der Waals surface area contributed by atoms with Crippen LogP contribution in [0.2, 0.25) is 0 Å². The van der Waals surface area contributed by atoms with Crippen LogP contribution in [0, 0.1) is 0 Å². The fourth-order valence-corrected chi connectivity index (χ4v) is 2.36. The Balaban J connectivity index is 2.10. The number of carboxylic acid groups (broad SMARTS) is 1. The monoisotopic (exact) mass is 263 g/mol. The second-order valence-corrected chi connectivity index (χ2v) is 4.67. The van der Waals surface area contributed by atoms with Crippen LogP contribution in [0.3, 0.4) is 0 Å². The van der Waals surface area contributed by atoms with Crippen LogP contribution in [-0.4, -0.2) is 36.2 Å². The van der Waals surface area contributed by atoms with Gasteiger partial charge in [0.05, 0.1) is 0 Å². The molecule has 1 N–H and O–H groups in total. The van der Waals surface area contributed by atoms with Crippen LogP contribution < -0.4 is 4.90 Å². The molecular weight excluding hydrogens is 246 g/mol. The van der Waals surface area contributed by atoms with Crippen LogP contribution in [0.15, 0.2) is 24.3 Å². The predicted octanol–water partition coefficient (Wildman–Crippen LogP) is 1.46. The molecule has 0 aliphatic carbocycles. The molecule has 0 saturated carbocycles. The van der Waals surface area contributed by atoms with Crippen LogP contribution >= 0.6 is 0 Å². The highest BCUT2D eigenvalue weighted by molar-refractivity contribution is 5.96. The topological polar surface area (TPSA) is 66.8 Å². The number of amides is 1. The number of ether oxygens (including phenoxy) is 1. The van der Waals surface area contributed by atoms with Gasteiger partial charge in [0.1, 0.15) is 13.2 Å². The van der Waals surface area contributed by atoms with Gasteiger partial charge in [-0.1, -0.05) is 18.2 Å². The van der Waals surface area contributed by atoms with Gasteiger partial charge in [-0.2, -0.15) is 0 Å². The van der Waals surface area contributed by atoms with Gasteiger partial charge in [0.2, 0.25) is 0 Å². The SMILES string of the molecule is CC1CCc2ccccc2N1C(=O)COCC(=O)O. The van der Waals surface area contributed by atoms with E-state index in [0.29, 0.717) is 0 Å². The molecule has 1 aliphatic rings. The van der Waals surface area contributed by atoms with E-state index in [1.165, 1.54) is 0 Å². The van der Waals surface area contributed by atoms with E-state index in [0.717, 1.165) is 24.1 Å². The minimum Gasteiger partial charge on any atom is -0.480 e. The number of aryl methyl sites for hydroxylation is 1. The molecule has 0 fully saturated rings. The zero-order valence-corrected chi connectivity index (χ0v) is 10.8. The summed E-state index contributed by atoms with van der Waals surface area (Å²) < 4.78 is 4.88. The molecule has 1 aliphatic heterocycles. The first-order valence-corrected chi connectivity index (χ1v) is 6.29. The summed E-state index contributed by atoms with van der Waals surface area (Å²) >= 11 is 0. The van der Waals surface area contributed by atoms with Crippen molar-refractivity contribution in [2.75, 3.05) is 18.1 Å². The summed E-state index contributed by atoms with van der Waals surface area (Å²) in [4.78, 5) is 24.2. The van der Waals surface area contributed by atoms with Crippen molar-refractivity contribution in [1.82, 2.24) is 0 Å². The van der Waals surface area contributed by atoms with Gasteiger partial charge in [-0.05, 0) is 31.4 Å². The number of benzene rings is 1. The Morgan fingerprint density at radius 1 is 1.37 bits per heavy atom. The van der Waals surface area contributed by atoms with Crippen molar-refractivity contribution < 1.29 is 19.4 Å². The number of aliphatic carboxylic acids is 1. The van der Waals surface area contributed by atoms with E-state index in [-0.39, 0.29) is 18.6 Å². The van der Waals surface area contributed by atoms with Gasteiger partial charge in [-0.3, -0.25) is 4.79 Å². The number of carbonyl (C=O) groups is 2. The van der Waals surface area contributed by atoms with Gasteiger partial charge < -0.3 is 14.7 Å². The summed E-state index contributed by atoms with van der Waals surface area (Å²) in [6.07, 6.45) is 1.86. The fraction of sp³-hybridized carbons (Fsp3) is 0.429. The van der Waals surface area contributed by atoms with E-state index >= 15 is 0 Å². The van der Waals surface area contributed by atoms with Gasteiger partial charge in [0, 0.05) is 11.7 Å². The Labute approximate surface area is 111 Å². The van der Waals surface area contributed by atoms with Crippen molar-refractivity contribution in [2.45, 2.75) is 25.8 Å². The third kappa shape index (κ3) is 3.12. The van der Waals surface area contributed by atoms with Crippen molar-refractivity contribution >= 4 is 17.6 Å². The van der Waals surface area contributed by atoms with E-state index in [1.54, 1.807) is 4.90 Å². The summed E-state index contributed by atoms with van der Waals surface area (Å²) in [6.45, 7) is 1.34. The lowest BCUT2D eigenvalue weighted by Gasteiger charge is -2.35. The summed E-state index contributed by atoms with van der Waals surface area (Å²) in [7, 11) is 0. The third-order valence-electron chi connectivity index (χ3n) is 3.24. The lowest BCUT2D eigenvalue weighted by molar-refractivity contribution is -0.143. The number of anilines is 1. The number of nitrogens with zero attached hydrogens (tertiary/aromatic N) is 1. The highest BCUT2D eigenvalue weighted by atomic mass is 16.5. The zero-order chi connectivity index (χ0) is 13.8. The Morgan fingerprint density at radius 2 is 2.11 bits per heavy atom. The molecule has 1 aromatic carbocycles. The Kier molecular flexibility index (Phi) is 4.16. The van der Waals surface area contributed by atoms with E-state index in [1.807, 2.05) is 31.2 Å². The lowest BCUT2D eigenvalue weighted by Crippen LogP contribution is -2.44. The average molecular weight is 263 g/mol. The minimum atomic E-state index is -1.07. The van der Waals surface area contributed by atoms with E-state index in [9.17, 15) is 9.59 Å². The Morgan fingerprint density at radius 3 is 2.84 bits per heavy atom. The molecule has 1 amide bonds. The maximum Gasteiger partial charge on any atom is 0.329 e. The molecular formula is C14H17NO4. The Hall–Kier alpha value is -1.88. The Bertz CT molecular complexity index is 486. The number of hydrogen-bond donors (Lipinski definition) is 1. The van der Waals surface area contributed by atoms with Crippen LogP contribution in [-0.2, 0) is 20.7 Å². The highest BCUT2D eigenvalue weighted by Gasteiger charge is 2.27. The molecule has 102 valence electrons. The molecule has 2 rings (SSSR count). The van der Waals surface area contributed by atoms with E-state index < -0.39 is 12.6 Å². The van der Waals surface area contributed by atoms with Crippen molar-refractivity contribution in [2.24, 2.45) is 0 Å². The maximum absolute atomic E-state index is 12.2. The van der Waals surface area contributed by atoms with Crippen molar-refractivity contribution in [3.63, 3.8) is 0 Å². The maximum atomic E-state index is 12.2. The highest BCUT2D eigenvalue weighted by Crippen LogP contribution is 2.30. The van der Waals surface area contributed by atoms with Crippen molar-refractivity contribution in [1.29, 1.82) is 0 Å². The molecule has 1 aromatic rings. The quantitative estimate of drug-likeness (QED) is 0.893. The number of hydrogen-bond acceptors (Lipinski definition) is 3. The third-order valence-corrected chi connectivity index (χ3v) is 3.24. The van der Waals surface area contributed by atoms with Crippen LogP contribution in [0.25, 0.3) is 0 Å². The minimum absolute atomic E-state index is 0.107. The van der Waals surface area contributed by atoms with Gasteiger partial charge in [-0.25, -0.2) is 4.79 Å². The fourth-order valence-electron chi connectivity index (χ4n) is 2.36. The number of carbonyl (C=O) groups excluding carboxylic acids is 1. The van der Waals surface area contributed by atoms with Crippen LogP contribution in [0.4, 0.5) is 5.69 Å². The molecule has 0 aromatic heterocycles. The molecule has 0 spiro atoms. The number of rotatable bonds is 4. The lowest BCUT2D eigenvalue weighted by atomic mass is 9.96. The second kappa shape index (κ2) is 5.84. The standard InChI is InChI=1S/C14H17NO4/c1-10-6-7-11-4-2-3-5-12(11)15(10)13(16)8-19-9-14(17)18/h2-5,10H,6-9H2,1H3,(H,17,18). The molecule has 0 saturated heterocycles. The summed E-state index contributed by atoms with van der Waals surface area (Å²) in [5, 5.41) is 8.50. The first-order chi connectivity index (χ1) is 9.09. The number of carboxylic acids is 1. The van der Waals surface area contributed by atoms with E-state index in [2.05, 4.69) is 0 Å². The smallest absolute Gasteiger partial charge is 0.329 e. The van der Waals surface area contributed by atoms with Gasteiger partial charge in [0.25, 0.3) is 5.91 Å². The molecule has 1 atom stereocenters. The average Bonchev–Trinajstić information content (AvgIpc) is 2.38. The van der Waals surface area contributed by atoms with Crippen molar-refractivity contribution in [3.8, 4) is 0 Å². The first-order valence-electron chi connectivity index (χ1n) is 6.29. The molecule has 0 radical (unpaired) electrons. The molecule has 0 bridgehead atoms. The van der Waals surface area contributed by atoms with Gasteiger partial charge >= 0.3 is 5.97 Å². The van der Waals surface area contributed by atoms with E-state index in [4.69, 9.17) is 9.84 Å². The molecule has 1 unspecified atom stereocenters. The summed E-state index contributed by atoms with van der Waals surface area (Å²) in [5.41, 5.74) is 2.05. The second-order valence-electron chi connectivity index (χ2n) is 4.67. The van der Waals surface area contributed by atoms with Gasteiger partial charge in [-0.15, -0.1) is 0 Å². The van der Waals surface area contributed by atoms with Crippen molar-refractivity contribution in [3.05, 3.63) is 29.8 Å². The zero-order valence-electron chi connectivity index (χ0n) is 10.8. The van der Waals surface area contributed by atoms with Gasteiger partial charge in [0.15, 0.2) is 0 Å². The largest absolute Gasteiger partial charge is 0.480 e. The molecule has 5 nitrogen and oxygen atoms in total. The van der Waals surface area contributed by atoms with Crippen LogP contribution in [0.1, 0.15) is 18.9 Å². The summed E-state index contributed by atoms with van der Waals surface area (Å²) in [5.74, 6) is -1.26. The number of para-hydroxylation sites is 1. The summed E-state index contributed by atoms with van der Waals surface area (Å²) in [6, 6.07) is 7.89. The molecule has 5 heteroatoms. The predicted molar refractivity (Wildman–Crippen MR) is 70.2 cm³/mol. The van der Waals surface area contributed by atoms with Crippen LogP contribution in [0.5, 0.6) is 0 Å².